The summed E-state index contributed by atoms with van der Waals surface area (Å²) in [5, 5.41) is 9.96. The first-order chi connectivity index (χ1) is 7.38. The van der Waals surface area contributed by atoms with Gasteiger partial charge in [-0.3, -0.25) is 4.79 Å². The number of aliphatic hydroxyl groups is 1. The van der Waals surface area contributed by atoms with Crippen molar-refractivity contribution in [3.05, 3.63) is 0 Å². The quantitative estimate of drug-likeness (QED) is 0.729. The third-order valence-corrected chi connectivity index (χ3v) is 3.04. The van der Waals surface area contributed by atoms with E-state index in [4.69, 9.17) is 5.73 Å². The molecular weight excluding hydrogens is 204 g/mol. The second-order valence-corrected chi connectivity index (χ2v) is 5.40. The van der Waals surface area contributed by atoms with Gasteiger partial charge in [0.05, 0.1) is 24.7 Å². The normalized spacial score (nSPS) is 20.8. The fraction of sp³-hybridized carbons (Fsp3) is 0.917. The molecule has 0 radical (unpaired) electrons. The summed E-state index contributed by atoms with van der Waals surface area (Å²) in [7, 11) is 0. The lowest BCUT2D eigenvalue weighted by atomic mass is 9.88. The van der Waals surface area contributed by atoms with E-state index in [0.29, 0.717) is 25.4 Å². The molecule has 4 nitrogen and oxygen atoms in total. The molecule has 16 heavy (non-hydrogen) atoms. The highest BCUT2D eigenvalue weighted by molar-refractivity contribution is 5.82. The van der Waals surface area contributed by atoms with Crippen LogP contribution < -0.4 is 5.73 Å². The highest BCUT2D eigenvalue weighted by atomic mass is 16.3. The molecule has 1 unspecified atom stereocenters. The van der Waals surface area contributed by atoms with Crippen LogP contribution in [0.15, 0.2) is 0 Å². The standard InChI is InChI=1S/C12H24N2O2/c1-4-5-12(16)7-14(8-12)11(15)10(13)6-9(2)3/h9-10,16H,4-8,13H2,1-3H3. The Balaban J connectivity index is 2.36. The Bertz CT molecular complexity index is 247. The second-order valence-electron chi connectivity index (χ2n) is 5.40. The van der Waals surface area contributed by atoms with Crippen molar-refractivity contribution >= 4 is 5.91 Å². The van der Waals surface area contributed by atoms with Gasteiger partial charge in [0, 0.05) is 0 Å². The fourth-order valence-electron chi connectivity index (χ4n) is 2.29. The summed E-state index contributed by atoms with van der Waals surface area (Å²) in [6.07, 6.45) is 2.41. The summed E-state index contributed by atoms with van der Waals surface area (Å²) in [5.41, 5.74) is 5.17. The average Bonchev–Trinajstić information content (AvgIpc) is 2.12. The van der Waals surface area contributed by atoms with E-state index in [-0.39, 0.29) is 5.91 Å². The van der Waals surface area contributed by atoms with E-state index >= 15 is 0 Å². The number of hydrogen-bond acceptors (Lipinski definition) is 3. The van der Waals surface area contributed by atoms with Gasteiger partial charge in [-0.2, -0.15) is 0 Å². The summed E-state index contributed by atoms with van der Waals surface area (Å²) in [6, 6.07) is -0.411. The van der Waals surface area contributed by atoms with Gasteiger partial charge in [-0.25, -0.2) is 0 Å². The number of rotatable bonds is 5. The molecule has 3 N–H and O–H groups in total. The van der Waals surface area contributed by atoms with Gasteiger partial charge in [0.2, 0.25) is 5.91 Å². The number of likely N-dealkylation sites (tertiary alicyclic amines) is 1. The van der Waals surface area contributed by atoms with Gasteiger partial charge < -0.3 is 15.7 Å². The first-order valence-corrected chi connectivity index (χ1v) is 6.14. The van der Waals surface area contributed by atoms with Gasteiger partial charge >= 0.3 is 0 Å². The first kappa shape index (κ1) is 13.5. The third-order valence-electron chi connectivity index (χ3n) is 3.04. The largest absolute Gasteiger partial charge is 0.386 e. The maximum atomic E-state index is 11.8. The number of hydrogen-bond donors (Lipinski definition) is 2. The molecule has 1 aliphatic heterocycles. The van der Waals surface area contributed by atoms with Gasteiger partial charge in [0.1, 0.15) is 0 Å². The van der Waals surface area contributed by atoms with Crippen LogP contribution in [0.3, 0.4) is 0 Å². The number of β-amino-alcohol motifs (C(OH)–C–C–N with tert-alkyl or cyclic N) is 1. The van der Waals surface area contributed by atoms with E-state index in [1.165, 1.54) is 0 Å². The van der Waals surface area contributed by atoms with Gasteiger partial charge in [0.25, 0.3) is 0 Å². The molecule has 1 fully saturated rings. The van der Waals surface area contributed by atoms with Gasteiger partial charge in [0.15, 0.2) is 0 Å². The molecule has 0 aliphatic carbocycles. The molecule has 1 heterocycles. The zero-order valence-electron chi connectivity index (χ0n) is 10.6. The third kappa shape index (κ3) is 3.19. The van der Waals surface area contributed by atoms with Crippen LogP contribution in [0.4, 0.5) is 0 Å². The molecule has 4 heteroatoms. The lowest BCUT2D eigenvalue weighted by molar-refractivity contribution is -0.158. The molecule has 0 bridgehead atoms. The smallest absolute Gasteiger partial charge is 0.239 e. The Morgan fingerprint density at radius 1 is 1.50 bits per heavy atom. The SMILES string of the molecule is CCCC1(O)CN(C(=O)C(N)CC(C)C)C1. The Morgan fingerprint density at radius 2 is 2.06 bits per heavy atom. The van der Waals surface area contributed by atoms with Crippen LogP contribution in [0.25, 0.3) is 0 Å². The zero-order chi connectivity index (χ0) is 12.3. The highest BCUT2D eigenvalue weighted by Crippen LogP contribution is 2.26. The van der Waals surface area contributed by atoms with Crippen molar-refractivity contribution < 1.29 is 9.90 Å². The van der Waals surface area contributed by atoms with E-state index in [0.717, 1.165) is 12.8 Å². The van der Waals surface area contributed by atoms with E-state index in [2.05, 4.69) is 13.8 Å². The number of carbonyl (C=O) groups is 1. The monoisotopic (exact) mass is 228 g/mol. The summed E-state index contributed by atoms with van der Waals surface area (Å²) < 4.78 is 0. The number of amides is 1. The van der Waals surface area contributed by atoms with Crippen LogP contribution >= 0.6 is 0 Å². The minimum absolute atomic E-state index is 0.0190. The maximum Gasteiger partial charge on any atom is 0.239 e. The summed E-state index contributed by atoms with van der Waals surface area (Å²) in [5.74, 6) is 0.407. The van der Waals surface area contributed by atoms with Crippen molar-refractivity contribution in [1.29, 1.82) is 0 Å². The molecule has 0 saturated carbocycles. The zero-order valence-corrected chi connectivity index (χ0v) is 10.6. The van der Waals surface area contributed by atoms with Crippen LogP contribution in [-0.4, -0.2) is 40.6 Å². The van der Waals surface area contributed by atoms with Gasteiger partial charge in [-0.15, -0.1) is 0 Å². The van der Waals surface area contributed by atoms with E-state index in [1.807, 2.05) is 6.92 Å². The Morgan fingerprint density at radius 3 is 2.50 bits per heavy atom. The summed E-state index contributed by atoms with van der Waals surface area (Å²) >= 11 is 0. The van der Waals surface area contributed by atoms with Crippen LogP contribution in [0.2, 0.25) is 0 Å². The molecule has 1 atom stereocenters. The Hall–Kier alpha value is -0.610. The number of nitrogens with zero attached hydrogens (tertiary/aromatic N) is 1. The molecule has 0 aromatic carbocycles. The maximum absolute atomic E-state index is 11.8. The van der Waals surface area contributed by atoms with Crippen LogP contribution in [0.1, 0.15) is 40.0 Å². The molecule has 1 saturated heterocycles. The molecule has 1 aliphatic rings. The van der Waals surface area contributed by atoms with Crippen LogP contribution in [0, 0.1) is 5.92 Å². The highest BCUT2D eigenvalue weighted by Gasteiger charge is 2.43. The molecule has 94 valence electrons. The van der Waals surface area contributed by atoms with E-state index in [9.17, 15) is 9.90 Å². The van der Waals surface area contributed by atoms with Crippen LogP contribution in [-0.2, 0) is 4.79 Å². The predicted octanol–water partition coefficient (Wildman–Crippen LogP) is 0.733. The van der Waals surface area contributed by atoms with Crippen molar-refractivity contribution in [1.82, 2.24) is 4.90 Å². The Labute approximate surface area is 97.8 Å². The van der Waals surface area contributed by atoms with Gasteiger partial charge in [-0.1, -0.05) is 27.2 Å². The molecular formula is C12H24N2O2. The summed E-state index contributed by atoms with van der Waals surface area (Å²) in [4.78, 5) is 13.5. The summed E-state index contributed by atoms with van der Waals surface area (Å²) in [6.45, 7) is 7.04. The van der Waals surface area contributed by atoms with Crippen molar-refractivity contribution in [3.63, 3.8) is 0 Å². The second kappa shape index (κ2) is 5.15. The molecule has 1 rings (SSSR count). The average molecular weight is 228 g/mol. The Kier molecular flexibility index (Phi) is 4.33. The topological polar surface area (TPSA) is 66.6 Å². The number of nitrogens with two attached hydrogens (primary N) is 1. The lowest BCUT2D eigenvalue weighted by Crippen LogP contribution is -2.65. The van der Waals surface area contributed by atoms with Crippen molar-refractivity contribution in [2.45, 2.75) is 51.7 Å². The van der Waals surface area contributed by atoms with E-state index in [1.54, 1.807) is 4.90 Å². The molecule has 1 amide bonds. The predicted molar refractivity (Wildman–Crippen MR) is 63.9 cm³/mol. The van der Waals surface area contributed by atoms with Crippen molar-refractivity contribution in [2.75, 3.05) is 13.1 Å². The lowest BCUT2D eigenvalue weighted by Gasteiger charge is -2.47. The van der Waals surface area contributed by atoms with Gasteiger partial charge in [-0.05, 0) is 18.8 Å². The fourth-order valence-corrected chi connectivity index (χ4v) is 2.29. The molecule has 0 aromatic rings. The minimum atomic E-state index is -0.651. The minimum Gasteiger partial charge on any atom is -0.386 e. The van der Waals surface area contributed by atoms with Crippen molar-refractivity contribution in [2.24, 2.45) is 11.7 Å². The van der Waals surface area contributed by atoms with Crippen LogP contribution in [0.5, 0.6) is 0 Å². The molecule has 0 spiro atoms. The molecule has 0 aromatic heterocycles. The number of carbonyl (C=O) groups excluding carboxylic acids is 1. The van der Waals surface area contributed by atoms with Crippen molar-refractivity contribution in [3.8, 4) is 0 Å². The van der Waals surface area contributed by atoms with E-state index < -0.39 is 11.6 Å². The first-order valence-electron chi connectivity index (χ1n) is 6.14.